The first kappa shape index (κ1) is 19.0. The Morgan fingerprint density at radius 3 is 2.83 bits per heavy atom. The monoisotopic (exact) mass is 406 g/mol. The Morgan fingerprint density at radius 2 is 2.00 bits per heavy atom. The van der Waals surface area contributed by atoms with Crippen LogP contribution in [0.15, 0.2) is 39.8 Å². The highest BCUT2D eigenvalue weighted by Crippen LogP contribution is 2.36. The Balaban J connectivity index is 1.25. The summed E-state index contributed by atoms with van der Waals surface area (Å²) in [6, 6.07) is 7.31. The van der Waals surface area contributed by atoms with Gasteiger partial charge in [-0.2, -0.15) is 5.10 Å². The van der Waals surface area contributed by atoms with Crippen molar-refractivity contribution in [3.63, 3.8) is 0 Å². The normalized spacial score (nSPS) is 19.8. The molecule has 2 aliphatic rings. The van der Waals surface area contributed by atoms with Crippen LogP contribution in [0, 0.1) is 5.92 Å². The predicted octanol–water partition coefficient (Wildman–Crippen LogP) is 2.92. The zero-order chi connectivity index (χ0) is 20.7. The fourth-order valence-corrected chi connectivity index (χ4v) is 4.79. The Labute approximate surface area is 174 Å². The number of carbonyl (C=O) groups excluding carboxylic acids is 1. The van der Waals surface area contributed by atoms with Crippen molar-refractivity contribution < 1.29 is 9.32 Å². The van der Waals surface area contributed by atoms with E-state index < -0.39 is 0 Å². The predicted molar refractivity (Wildman–Crippen MR) is 112 cm³/mol. The molecule has 0 spiro atoms. The molecule has 7 nitrogen and oxygen atoms in total. The van der Waals surface area contributed by atoms with Crippen molar-refractivity contribution in [1.82, 2.24) is 19.8 Å². The van der Waals surface area contributed by atoms with Gasteiger partial charge in [-0.25, -0.2) is 4.68 Å². The average molecular weight is 406 g/mol. The summed E-state index contributed by atoms with van der Waals surface area (Å²) in [6.07, 6.45) is 6.59. The molecule has 0 N–H and O–H groups in total. The lowest BCUT2D eigenvalue weighted by Gasteiger charge is -2.31. The number of rotatable bonds is 3. The van der Waals surface area contributed by atoms with Crippen LogP contribution in [0.4, 0.5) is 0 Å². The molecular weight excluding hydrogens is 380 g/mol. The average Bonchev–Trinajstić information content (AvgIpc) is 3.19. The zero-order valence-corrected chi connectivity index (χ0v) is 17.2. The number of benzene rings is 1. The van der Waals surface area contributed by atoms with Crippen LogP contribution in [-0.4, -0.2) is 38.8 Å². The maximum atomic E-state index is 12.8. The lowest BCUT2D eigenvalue weighted by atomic mass is 9.83. The number of fused-ring (bicyclic) bond motifs is 2. The number of aryl methyl sites for hydroxylation is 1. The molecule has 1 fully saturated rings. The summed E-state index contributed by atoms with van der Waals surface area (Å²) in [4.78, 5) is 27.3. The van der Waals surface area contributed by atoms with Crippen LogP contribution in [0.1, 0.15) is 49.1 Å². The van der Waals surface area contributed by atoms with E-state index in [1.165, 1.54) is 16.7 Å². The van der Waals surface area contributed by atoms with Gasteiger partial charge in [0.1, 0.15) is 12.3 Å². The molecule has 0 saturated carbocycles. The van der Waals surface area contributed by atoms with Gasteiger partial charge >= 0.3 is 0 Å². The second-order valence-electron chi connectivity index (χ2n) is 8.67. The van der Waals surface area contributed by atoms with E-state index in [4.69, 9.17) is 4.52 Å². The van der Waals surface area contributed by atoms with Gasteiger partial charge < -0.3 is 9.42 Å². The second kappa shape index (κ2) is 7.70. The summed E-state index contributed by atoms with van der Waals surface area (Å²) in [6.45, 7) is 3.58. The van der Waals surface area contributed by atoms with Crippen LogP contribution in [0.25, 0.3) is 10.8 Å². The molecule has 1 aliphatic carbocycles. The molecule has 0 bridgehead atoms. The van der Waals surface area contributed by atoms with Crippen molar-refractivity contribution in [2.45, 2.75) is 51.5 Å². The highest BCUT2D eigenvalue weighted by atomic mass is 16.5. The van der Waals surface area contributed by atoms with E-state index in [1.807, 2.05) is 23.1 Å². The van der Waals surface area contributed by atoms with Crippen molar-refractivity contribution >= 4 is 16.7 Å². The lowest BCUT2D eigenvalue weighted by Crippen LogP contribution is -2.41. The molecule has 5 rings (SSSR count). The van der Waals surface area contributed by atoms with Gasteiger partial charge in [0.2, 0.25) is 5.91 Å². The van der Waals surface area contributed by atoms with Gasteiger partial charge in [-0.1, -0.05) is 30.3 Å². The molecule has 1 aliphatic heterocycles. The number of piperidine rings is 1. The third-order valence-electron chi connectivity index (χ3n) is 6.59. The van der Waals surface area contributed by atoms with Crippen LogP contribution in [0.5, 0.6) is 0 Å². The van der Waals surface area contributed by atoms with Gasteiger partial charge in [0.25, 0.3) is 5.56 Å². The first-order chi connectivity index (χ1) is 14.6. The summed E-state index contributed by atoms with van der Waals surface area (Å²) >= 11 is 0. The fraction of sp³-hybridized carbons (Fsp3) is 0.478. The number of likely N-dealkylation sites (tertiary alicyclic amines) is 1. The molecule has 156 valence electrons. The molecule has 1 amide bonds. The molecule has 0 unspecified atom stereocenters. The van der Waals surface area contributed by atoms with Crippen molar-refractivity contribution in [1.29, 1.82) is 0 Å². The number of carbonyl (C=O) groups is 1. The summed E-state index contributed by atoms with van der Waals surface area (Å²) in [7, 11) is 0. The molecule has 7 heteroatoms. The highest BCUT2D eigenvalue weighted by Gasteiger charge is 2.31. The van der Waals surface area contributed by atoms with E-state index >= 15 is 0 Å². The topological polar surface area (TPSA) is 81.2 Å². The number of aromatic nitrogens is 3. The molecule has 3 heterocycles. The Bertz CT molecular complexity index is 1140. The van der Waals surface area contributed by atoms with Gasteiger partial charge in [0.05, 0.1) is 17.3 Å². The van der Waals surface area contributed by atoms with Crippen LogP contribution < -0.4 is 5.56 Å². The first-order valence-electron chi connectivity index (χ1n) is 10.8. The van der Waals surface area contributed by atoms with Gasteiger partial charge in [-0.05, 0) is 44.1 Å². The fourth-order valence-electron chi connectivity index (χ4n) is 4.79. The Hall–Kier alpha value is -2.96. The molecule has 2 aromatic heterocycles. The van der Waals surface area contributed by atoms with Crippen molar-refractivity contribution in [2.75, 3.05) is 13.1 Å². The molecule has 1 aromatic carbocycles. The second-order valence-corrected chi connectivity index (χ2v) is 8.67. The summed E-state index contributed by atoms with van der Waals surface area (Å²) in [5.41, 5.74) is 2.22. The van der Waals surface area contributed by atoms with Crippen molar-refractivity contribution in [2.24, 2.45) is 5.92 Å². The van der Waals surface area contributed by atoms with E-state index in [-0.39, 0.29) is 18.0 Å². The number of amides is 1. The Kier molecular flexibility index (Phi) is 4.89. The molecule has 1 atom stereocenters. The SMILES string of the molecule is C[C@@H]1CCc2noc(C3CCN(C(=O)Cn4ncc5ccccc5c4=O)CC3)c2C1. The van der Waals surface area contributed by atoms with Crippen molar-refractivity contribution in [3.8, 4) is 0 Å². The van der Waals surface area contributed by atoms with E-state index in [2.05, 4.69) is 17.2 Å². The van der Waals surface area contributed by atoms with Gasteiger partial charge in [0.15, 0.2) is 0 Å². The third kappa shape index (κ3) is 3.42. The van der Waals surface area contributed by atoms with Crippen LogP contribution >= 0.6 is 0 Å². The van der Waals surface area contributed by atoms with Gasteiger partial charge in [-0.15, -0.1) is 0 Å². The molecule has 1 saturated heterocycles. The maximum absolute atomic E-state index is 12.8. The quantitative estimate of drug-likeness (QED) is 0.668. The van der Waals surface area contributed by atoms with Gasteiger partial charge in [0, 0.05) is 30.0 Å². The smallest absolute Gasteiger partial charge is 0.275 e. The standard InChI is InChI=1S/C23H26N4O3/c1-15-6-7-20-19(12-15)22(30-25-20)16-8-10-26(11-9-16)21(28)14-27-23(29)18-5-3-2-4-17(18)13-24-27/h2-5,13,15-16H,6-12,14H2,1H3/t15-/m1/s1. The van der Waals surface area contributed by atoms with Crippen LogP contribution in [0.2, 0.25) is 0 Å². The van der Waals surface area contributed by atoms with E-state index in [9.17, 15) is 9.59 Å². The minimum Gasteiger partial charge on any atom is -0.361 e. The molecule has 0 radical (unpaired) electrons. The zero-order valence-electron chi connectivity index (χ0n) is 17.2. The first-order valence-corrected chi connectivity index (χ1v) is 10.8. The maximum Gasteiger partial charge on any atom is 0.275 e. The van der Waals surface area contributed by atoms with Crippen molar-refractivity contribution in [3.05, 3.63) is 57.8 Å². The molecular formula is C23H26N4O3. The van der Waals surface area contributed by atoms with E-state index in [1.54, 1.807) is 12.3 Å². The highest BCUT2D eigenvalue weighted by molar-refractivity contribution is 5.81. The summed E-state index contributed by atoms with van der Waals surface area (Å²) < 4.78 is 7.01. The Morgan fingerprint density at radius 1 is 1.20 bits per heavy atom. The van der Waals surface area contributed by atoms with E-state index in [0.717, 1.165) is 42.5 Å². The largest absolute Gasteiger partial charge is 0.361 e. The summed E-state index contributed by atoms with van der Waals surface area (Å²) in [5, 5.41) is 9.87. The molecule has 30 heavy (non-hydrogen) atoms. The number of hydrogen-bond donors (Lipinski definition) is 0. The number of nitrogens with zero attached hydrogens (tertiary/aromatic N) is 4. The third-order valence-corrected chi connectivity index (χ3v) is 6.59. The number of hydrogen-bond acceptors (Lipinski definition) is 5. The van der Waals surface area contributed by atoms with Gasteiger partial charge in [-0.3, -0.25) is 9.59 Å². The lowest BCUT2D eigenvalue weighted by molar-refractivity contribution is -0.133. The van der Waals surface area contributed by atoms with Crippen LogP contribution in [0.3, 0.4) is 0 Å². The minimum absolute atomic E-state index is 0.0243. The van der Waals surface area contributed by atoms with E-state index in [0.29, 0.717) is 30.3 Å². The summed E-state index contributed by atoms with van der Waals surface area (Å²) in [5.74, 6) is 1.96. The van der Waals surface area contributed by atoms with Crippen LogP contribution in [-0.2, 0) is 24.2 Å². The minimum atomic E-state index is -0.223. The molecule has 3 aromatic rings.